The number of rotatable bonds is 4. The molecule has 0 amide bonds. The van der Waals surface area contributed by atoms with E-state index in [0.717, 1.165) is 18.7 Å². The molecule has 2 N–H and O–H groups in total. The van der Waals surface area contributed by atoms with Crippen molar-refractivity contribution >= 4 is 0 Å². The van der Waals surface area contributed by atoms with Gasteiger partial charge >= 0.3 is 0 Å². The SMILES string of the molecule is CCCC(N)c1nncn1C(C)C. The fourth-order valence-corrected chi connectivity index (χ4v) is 1.36. The number of hydrogen-bond donors (Lipinski definition) is 1. The summed E-state index contributed by atoms with van der Waals surface area (Å²) < 4.78 is 2.03. The average Bonchev–Trinajstić information content (AvgIpc) is 2.52. The maximum Gasteiger partial charge on any atom is 0.150 e. The molecule has 1 aromatic heterocycles. The third-order valence-electron chi connectivity index (χ3n) is 2.09. The predicted octanol–water partition coefficient (Wildman–Crippen LogP) is 1.66. The van der Waals surface area contributed by atoms with Crippen molar-refractivity contribution < 1.29 is 0 Å². The van der Waals surface area contributed by atoms with Crippen LogP contribution in [0.5, 0.6) is 0 Å². The number of nitrogens with zero attached hydrogens (tertiary/aromatic N) is 3. The molecule has 0 aliphatic heterocycles. The van der Waals surface area contributed by atoms with Gasteiger partial charge in [0, 0.05) is 6.04 Å². The molecule has 0 aliphatic carbocycles. The molecular formula is C9H18N4. The minimum atomic E-state index is 0.0231. The second kappa shape index (κ2) is 4.37. The highest BCUT2D eigenvalue weighted by molar-refractivity contribution is 4.94. The number of aromatic nitrogens is 3. The maximum atomic E-state index is 5.97. The van der Waals surface area contributed by atoms with Gasteiger partial charge in [-0.05, 0) is 20.3 Å². The van der Waals surface area contributed by atoms with Crippen LogP contribution in [0.2, 0.25) is 0 Å². The molecule has 0 bridgehead atoms. The summed E-state index contributed by atoms with van der Waals surface area (Å²) in [5.41, 5.74) is 5.97. The Bertz CT molecular complexity index is 254. The molecule has 0 aromatic carbocycles. The third-order valence-corrected chi connectivity index (χ3v) is 2.09. The van der Waals surface area contributed by atoms with Gasteiger partial charge in [0.05, 0.1) is 6.04 Å². The Morgan fingerprint density at radius 1 is 1.54 bits per heavy atom. The normalized spacial score (nSPS) is 13.6. The van der Waals surface area contributed by atoms with E-state index in [1.54, 1.807) is 6.33 Å². The van der Waals surface area contributed by atoms with Gasteiger partial charge in [-0.3, -0.25) is 0 Å². The smallest absolute Gasteiger partial charge is 0.150 e. The minimum Gasteiger partial charge on any atom is -0.321 e. The fraction of sp³-hybridized carbons (Fsp3) is 0.778. The molecule has 0 aliphatic rings. The van der Waals surface area contributed by atoms with Crippen molar-refractivity contribution in [1.82, 2.24) is 14.8 Å². The highest BCUT2D eigenvalue weighted by Crippen LogP contribution is 2.16. The van der Waals surface area contributed by atoms with E-state index in [4.69, 9.17) is 5.73 Å². The van der Waals surface area contributed by atoms with Crippen LogP contribution in [-0.4, -0.2) is 14.8 Å². The fourth-order valence-electron chi connectivity index (χ4n) is 1.36. The molecule has 74 valence electrons. The average molecular weight is 182 g/mol. The van der Waals surface area contributed by atoms with Gasteiger partial charge in [0.2, 0.25) is 0 Å². The van der Waals surface area contributed by atoms with E-state index in [0.29, 0.717) is 6.04 Å². The maximum absolute atomic E-state index is 5.97. The van der Waals surface area contributed by atoms with Crippen LogP contribution < -0.4 is 5.73 Å². The molecule has 0 saturated heterocycles. The van der Waals surface area contributed by atoms with Crippen molar-refractivity contribution in [2.45, 2.75) is 45.7 Å². The first-order chi connectivity index (χ1) is 6.16. The van der Waals surface area contributed by atoms with E-state index in [1.165, 1.54) is 0 Å². The summed E-state index contributed by atoms with van der Waals surface area (Å²) in [6.07, 6.45) is 3.78. The van der Waals surface area contributed by atoms with E-state index in [9.17, 15) is 0 Å². The Labute approximate surface area is 79.2 Å². The Hall–Kier alpha value is -0.900. The lowest BCUT2D eigenvalue weighted by Gasteiger charge is -2.14. The monoisotopic (exact) mass is 182 g/mol. The highest BCUT2D eigenvalue weighted by atomic mass is 15.3. The zero-order valence-corrected chi connectivity index (χ0v) is 8.57. The zero-order chi connectivity index (χ0) is 9.84. The zero-order valence-electron chi connectivity index (χ0n) is 8.57. The molecule has 1 heterocycles. The van der Waals surface area contributed by atoms with Crippen LogP contribution in [0.15, 0.2) is 6.33 Å². The molecule has 0 radical (unpaired) electrons. The summed E-state index contributed by atoms with van der Waals surface area (Å²) in [5, 5.41) is 7.92. The van der Waals surface area contributed by atoms with Gasteiger partial charge in [-0.25, -0.2) is 0 Å². The van der Waals surface area contributed by atoms with Crippen LogP contribution in [0.4, 0.5) is 0 Å². The van der Waals surface area contributed by atoms with E-state index in [-0.39, 0.29) is 6.04 Å². The second-order valence-electron chi connectivity index (χ2n) is 3.59. The van der Waals surface area contributed by atoms with Gasteiger partial charge in [-0.1, -0.05) is 13.3 Å². The first-order valence-corrected chi connectivity index (χ1v) is 4.81. The standard InChI is InChI=1S/C9H18N4/c1-4-5-8(10)9-12-11-6-13(9)7(2)3/h6-8H,4-5,10H2,1-3H3. The Morgan fingerprint density at radius 3 is 2.77 bits per heavy atom. The molecular weight excluding hydrogens is 164 g/mol. The topological polar surface area (TPSA) is 56.7 Å². The van der Waals surface area contributed by atoms with Crippen molar-refractivity contribution in [1.29, 1.82) is 0 Å². The van der Waals surface area contributed by atoms with Crippen molar-refractivity contribution in [3.05, 3.63) is 12.2 Å². The number of hydrogen-bond acceptors (Lipinski definition) is 3. The Morgan fingerprint density at radius 2 is 2.23 bits per heavy atom. The van der Waals surface area contributed by atoms with E-state index in [1.807, 2.05) is 4.57 Å². The molecule has 1 aromatic rings. The summed E-state index contributed by atoms with van der Waals surface area (Å²) in [6.45, 7) is 6.33. The van der Waals surface area contributed by atoms with Gasteiger partial charge in [0.25, 0.3) is 0 Å². The van der Waals surface area contributed by atoms with E-state index < -0.39 is 0 Å². The summed E-state index contributed by atoms with van der Waals surface area (Å²) in [7, 11) is 0. The van der Waals surface area contributed by atoms with Crippen LogP contribution in [0.3, 0.4) is 0 Å². The quantitative estimate of drug-likeness (QED) is 0.770. The molecule has 0 saturated carbocycles. The van der Waals surface area contributed by atoms with E-state index >= 15 is 0 Å². The lowest BCUT2D eigenvalue weighted by Crippen LogP contribution is -2.17. The molecule has 1 rings (SSSR count). The van der Waals surface area contributed by atoms with Crippen molar-refractivity contribution in [3.63, 3.8) is 0 Å². The summed E-state index contributed by atoms with van der Waals surface area (Å²) in [4.78, 5) is 0. The lowest BCUT2D eigenvalue weighted by atomic mass is 10.1. The first-order valence-electron chi connectivity index (χ1n) is 4.81. The van der Waals surface area contributed by atoms with Crippen LogP contribution in [0.1, 0.15) is 51.5 Å². The van der Waals surface area contributed by atoms with E-state index in [2.05, 4.69) is 31.0 Å². The molecule has 1 unspecified atom stereocenters. The van der Waals surface area contributed by atoms with Gasteiger partial charge in [-0.15, -0.1) is 10.2 Å². The summed E-state index contributed by atoms with van der Waals surface area (Å²) >= 11 is 0. The van der Waals surface area contributed by atoms with Gasteiger partial charge in [-0.2, -0.15) is 0 Å². The van der Waals surface area contributed by atoms with Gasteiger partial charge in [0.1, 0.15) is 12.2 Å². The van der Waals surface area contributed by atoms with Crippen molar-refractivity contribution in [3.8, 4) is 0 Å². The third kappa shape index (κ3) is 2.28. The molecule has 4 heteroatoms. The molecule has 0 fully saturated rings. The number of nitrogens with two attached hydrogens (primary N) is 1. The largest absolute Gasteiger partial charge is 0.321 e. The highest BCUT2D eigenvalue weighted by Gasteiger charge is 2.13. The second-order valence-corrected chi connectivity index (χ2v) is 3.59. The van der Waals surface area contributed by atoms with Crippen molar-refractivity contribution in [2.75, 3.05) is 0 Å². The van der Waals surface area contributed by atoms with Crippen molar-refractivity contribution in [2.24, 2.45) is 5.73 Å². The minimum absolute atomic E-state index is 0.0231. The summed E-state index contributed by atoms with van der Waals surface area (Å²) in [6, 6.07) is 0.405. The molecule has 1 atom stereocenters. The first kappa shape index (κ1) is 10.2. The molecule has 0 spiro atoms. The Kier molecular flexibility index (Phi) is 3.42. The predicted molar refractivity (Wildman–Crippen MR) is 52.2 cm³/mol. The van der Waals surface area contributed by atoms with Crippen LogP contribution >= 0.6 is 0 Å². The van der Waals surface area contributed by atoms with Crippen LogP contribution in [0.25, 0.3) is 0 Å². The molecule has 13 heavy (non-hydrogen) atoms. The Balaban J connectivity index is 2.80. The van der Waals surface area contributed by atoms with Gasteiger partial charge < -0.3 is 10.3 Å². The molecule has 4 nitrogen and oxygen atoms in total. The lowest BCUT2D eigenvalue weighted by molar-refractivity contribution is 0.510. The van der Waals surface area contributed by atoms with Crippen LogP contribution in [-0.2, 0) is 0 Å². The van der Waals surface area contributed by atoms with Crippen LogP contribution in [0, 0.1) is 0 Å². The summed E-state index contributed by atoms with van der Waals surface area (Å²) in [5.74, 6) is 0.900. The van der Waals surface area contributed by atoms with Gasteiger partial charge in [0.15, 0.2) is 0 Å².